The largest absolute Gasteiger partial charge is 0.496 e. The molecular formula is C22H26N2O2. The van der Waals surface area contributed by atoms with Crippen molar-refractivity contribution in [3.8, 4) is 5.75 Å². The fourth-order valence-electron chi connectivity index (χ4n) is 3.43. The molecule has 0 radical (unpaired) electrons. The Labute approximate surface area is 154 Å². The van der Waals surface area contributed by atoms with E-state index in [2.05, 4.69) is 28.9 Å². The van der Waals surface area contributed by atoms with Crippen LogP contribution in [0.4, 0.5) is 0 Å². The number of unbranched alkanes of at least 4 members (excludes halogenated alkanes) is 1. The van der Waals surface area contributed by atoms with Gasteiger partial charge in [0.05, 0.1) is 7.11 Å². The molecule has 3 aromatic rings. The van der Waals surface area contributed by atoms with Crippen LogP contribution in [0.25, 0.3) is 10.9 Å². The Hall–Kier alpha value is -2.75. The first-order valence-electron chi connectivity index (χ1n) is 9.15. The lowest BCUT2D eigenvalue weighted by atomic mass is 10.1. The molecule has 0 spiro atoms. The summed E-state index contributed by atoms with van der Waals surface area (Å²) in [5.74, 6) is 0.747. The molecule has 0 atom stereocenters. The SMILES string of the molecule is CCCCn1c(C(=O)NCc2ccccc2OC)c(C)c2ccccc21. The van der Waals surface area contributed by atoms with Gasteiger partial charge in [0.1, 0.15) is 11.4 Å². The van der Waals surface area contributed by atoms with Gasteiger partial charge in [-0.1, -0.05) is 49.7 Å². The molecule has 0 aliphatic carbocycles. The number of nitrogens with one attached hydrogen (secondary N) is 1. The smallest absolute Gasteiger partial charge is 0.268 e. The molecule has 26 heavy (non-hydrogen) atoms. The zero-order valence-electron chi connectivity index (χ0n) is 15.7. The molecule has 136 valence electrons. The highest BCUT2D eigenvalue weighted by Gasteiger charge is 2.19. The van der Waals surface area contributed by atoms with E-state index in [9.17, 15) is 4.79 Å². The second kappa shape index (κ2) is 8.09. The summed E-state index contributed by atoms with van der Waals surface area (Å²) in [7, 11) is 1.65. The predicted octanol–water partition coefficient (Wildman–Crippen LogP) is 4.69. The van der Waals surface area contributed by atoms with Crippen LogP contribution in [0.15, 0.2) is 48.5 Å². The normalized spacial score (nSPS) is 10.9. The summed E-state index contributed by atoms with van der Waals surface area (Å²) in [6.45, 7) is 5.49. The lowest BCUT2D eigenvalue weighted by Crippen LogP contribution is -2.26. The molecule has 4 heteroatoms. The number of hydrogen-bond donors (Lipinski definition) is 1. The molecule has 0 saturated carbocycles. The van der Waals surface area contributed by atoms with Gasteiger partial charge in [0.25, 0.3) is 5.91 Å². The van der Waals surface area contributed by atoms with Crippen molar-refractivity contribution in [2.45, 2.75) is 39.8 Å². The molecule has 0 unspecified atom stereocenters. The van der Waals surface area contributed by atoms with Crippen molar-refractivity contribution in [3.05, 3.63) is 65.4 Å². The van der Waals surface area contributed by atoms with Crippen LogP contribution >= 0.6 is 0 Å². The molecule has 0 aliphatic heterocycles. The highest BCUT2D eigenvalue weighted by Crippen LogP contribution is 2.26. The fraction of sp³-hybridized carbons (Fsp3) is 0.318. The average molecular weight is 350 g/mol. The first-order chi connectivity index (χ1) is 12.7. The number of ether oxygens (including phenoxy) is 1. The molecule has 1 N–H and O–H groups in total. The Morgan fingerprint density at radius 1 is 1.12 bits per heavy atom. The molecule has 0 saturated heterocycles. The van der Waals surface area contributed by atoms with Gasteiger partial charge < -0.3 is 14.6 Å². The number of amides is 1. The van der Waals surface area contributed by atoms with Crippen LogP contribution in [0, 0.1) is 6.92 Å². The van der Waals surface area contributed by atoms with Crippen molar-refractivity contribution in [1.29, 1.82) is 0 Å². The van der Waals surface area contributed by atoms with Gasteiger partial charge >= 0.3 is 0 Å². The van der Waals surface area contributed by atoms with Crippen LogP contribution in [-0.4, -0.2) is 17.6 Å². The quantitative estimate of drug-likeness (QED) is 0.672. The van der Waals surface area contributed by atoms with E-state index in [1.807, 2.05) is 43.3 Å². The number of para-hydroxylation sites is 2. The maximum atomic E-state index is 13.0. The summed E-state index contributed by atoms with van der Waals surface area (Å²) < 4.78 is 7.53. The third-order valence-corrected chi connectivity index (χ3v) is 4.81. The highest BCUT2D eigenvalue weighted by molar-refractivity contribution is 6.01. The first kappa shape index (κ1) is 18.1. The maximum absolute atomic E-state index is 13.0. The lowest BCUT2D eigenvalue weighted by molar-refractivity contribution is 0.0941. The van der Waals surface area contributed by atoms with E-state index in [4.69, 9.17) is 4.74 Å². The molecule has 0 bridgehead atoms. The van der Waals surface area contributed by atoms with E-state index in [1.165, 1.54) is 0 Å². The lowest BCUT2D eigenvalue weighted by Gasteiger charge is -2.13. The molecule has 1 aromatic heterocycles. The Bertz CT molecular complexity index is 912. The summed E-state index contributed by atoms with van der Waals surface area (Å²) in [4.78, 5) is 13.0. The van der Waals surface area contributed by atoms with Crippen LogP contribution in [-0.2, 0) is 13.1 Å². The summed E-state index contributed by atoms with van der Waals surface area (Å²) in [5.41, 5.74) is 3.89. The zero-order valence-corrected chi connectivity index (χ0v) is 15.7. The number of aryl methyl sites for hydroxylation is 2. The molecule has 3 rings (SSSR count). The monoisotopic (exact) mass is 350 g/mol. The van der Waals surface area contributed by atoms with Gasteiger partial charge in [0.15, 0.2) is 0 Å². The maximum Gasteiger partial charge on any atom is 0.268 e. The van der Waals surface area contributed by atoms with E-state index < -0.39 is 0 Å². The fourth-order valence-corrected chi connectivity index (χ4v) is 3.43. The van der Waals surface area contributed by atoms with Crippen molar-refractivity contribution in [3.63, 3.8) is 0 Å². The Balaban J connectivity index is 1.91. The number of fused-ring (bicyclic) bond motifs is 1. The van der Waals surface area contributed by atoms with Crippen molar-refractivity contribution in [1.82, 2.24) is 9.88 Å². The Morgan fingerprint density at radius 2 is 1.85 bits per heavy atom. The minimum atomic E-state index is -0.0410. The van der Waals surface area contributed by atoms with Crippen LogP contribution in [0.2, 0.25) is 0 Å². The number of rotatable bonds is 7. The molecule has 2 aromatic carbocycles. The number of nitrogens with zero attached hydrogens (tertiary/aromatic N) is 1. The number of hydrogen-bond acceptors (Lipinski definition) is 2. The molecule has 4 nitrogen and oxygen atoms in total. The summed E-state index contributed by atoms with van der Waals surface area (Å²) in [6.07, 6.45) is 2.14. The second-order valence-electron chi connectivity index (χ2n) is 6.49. The number of aromatic nitrogens is 1. The van der Waals surface area contributed by atoms with Gasteiger partial charge in [-0.25, -0.2) is 0 Å². The second-order valence-corrected chi connectivity index (χ2v) is 6.49. The van der Waals surface area contributed by atoms with Crippen LogP contribution in [0.3, 0.4) is 0 Å². The van der Waals surface area contributed by atoms with E-state index in [0.717, 1.165) is 52.9 Å². The number of carbonyl (C=O) groups is 1. The first-order valence-corrected chi connectivity index (χ1v) is 9.15. The predicted molar refractivity (Wildman–Crippen MR) is 106 cm³/mol. The minimum absolute atomic E-state index is 0.0410. The van der Waals surface area contributed by atoms with Crippen molar-refractivity contribution >= 4 is 16.8 Å². The standard InChI is InChI=1S/C22H26N2O2/c1-4-5-14-24-19-12-8-7-11-18(19)16(2)21(24)22(25)23-15-17-10-6-9-13-20(17)26-3/h6-13H,4-5,14-15H2,1-3H3,(H,23,25). The van der Waals surface area contributed by atoms with Crippen LogP contribution in [0.5, 0.6) is 5.75 Å². The van der Waals surface area contributed by atoms with Crippen LogP contribution < -0.4 is 10.1 Å². The third kappa shape index (κ3) is 3.45. The molecular weight excluding hydrogens is 324 g/mol. The molecule has 1 heterocycles. The number of methoxy groups -OCH3 is 1. The van der Waals surface area contributed by atoms with Gasteiger partial charge in [0, 0.05) is 29.6 Å². The van der Waals surface area contributed by atoms with Crippen LogP contribution in [0.1, 0.15) is 41.4 Å². The van der Waals surface area contributed by atoms with E-state index in [-0.39, 0.29) is 5.91 Å². The molecule has 1 amide bonds. The van der Waals surface area contributed by atoms with Gasteiger partial charge in [0.2, 0.25) is 0 Å². The Kier molecular flexibility index (Phi) is 5.61. The topological polar surface area (TPSA) is 43.3 Å². The van der Waals surface area contributed by atoms with Crippen molar-refractivity contribution in [2.24, 2.45) is 0 Å². The summed E-state index contributed by atoms with van der Waals surface area (Å²) >= 11 is 0. The van der Waals surface area contributed by atoms with Gasteiger partial charge in [-0.2, -0.15) is 0 Å². The van der Waals surface area contributed by atoms with Gasteiger partial charge in [-0.3, -0.25) is 4.79 Å². The highest BCUT2D eigenvalue weighted by atomic mass is 16.5. The van der Waals surface area contributed by atoms with E-state index >= 15 is 0 Å². The molecule has 0 fully saturated rings. The number of benzene rings is 2. The average Bonchev–Trinajstić information content (AvgIpc) is 2.97. The summed E-state index contributed by atoms with van der Waals surface area (Å²) in [6, 6.07) is 16.0. The minimum Gasteiger partial charge on any atom is -0.496 e. The van der Waals surface area contributed by atoms with Crippen molar-refractivity contribution < 1.29 is 9.53 Å². The van der Waals surface area contributed by atoms with Gasteiger partial charge in [-0.15, -0.1) is 0 Å². The van der Waals surface area contributed by atoms with E-state index in [1.54, 1.807) is 7.11 Å². The van der Waals surface area contributed by atoms with E-state index in [0.29, 0.717) is 6.54 Å². The third-order valence-electron chi connectivity index (χ3n) is 4.81. The number of carbonyl (C=O) groups excluding carboxylic acids is 1. The van der Waals surface area contributed by atoms with Crippen molar-refractivity contribution in [2.75, 3.05) is 7.11 Å². The molecule has 0 aliphatic rings. The summed E-state index contributed by atoms with van der Waals surface area (Å²) in [5, 5.41) is 4.21. The van der Waals surface area contributed by atoms with Gasteiger partial charge in [-0.05, 0) is 31.0 Å². The zero-order chi connectivity index (χ0) is 18.5. The Morgan fingerprint density at radius 3 is 2.62 bits per heavy atom.